The lowest BCUT2D eigenvalue weighted by Crippen LogP contribution is -2.42. The highest BCUT2D eigenvalue weighted by atomic mass is 16.3. The van der Waals surface area contributed by atoms with Crippen molar-refractivity contribution >= 4 is 5.78 Å². The molecule has 0 heterocycles. The van der Waals surface area contributed by atoms with E-state index in [0.29, 0.717) is 12.3 Å². The Morgan fingerprint density at radius 1 is 1.25 bits per heavy atom. The molecular weight excluding hydrogens is 248 g/mol. The lowest BCUT2D eigenvalue weighted by Gasteiger charge is -2.43. The average molecular weight is 274 g/mol. The van der Waals surface area contributed by atoms with Crippen molar-refractivity contribution in [3.8, 4) is 0 Å². The minimum absolute atomic E-state index is 0.161. The maximum atomic E-state index is 12.6. The third kappa shape index (κ3) is 2.80. The third-order valence-electron chi connectivity index (χ3n) is 5.02. The molecule has 0 amide bonds. The molecule has 1 fully saturated rings. The predicted octanol–water partition coefficient (Wildman–Crippen LogP) is 4.14. The second-order valence-corrected chi connectivity index (χ2v) is 7.46. The van der Waals surface area contributed by atoms with Gasteiger partial charge in [-0.1, -0.05) is 51.1 Å². The van der Waals surface area contributed by atoms with E-state index < -0.39 is 11.5 Å². The SMILES string of the molecule is CC(C)(C)[C@H]1CC[C@@](C)([C@H](O)c2ccccc2)C(=O)C1. The molecule has 0 radical (unpaired) electrons. The molecule has 1 saturated carbocycles. The smallest absolute Gasteiger partial charge is 0.141 e. The number of ketones is 1. The van der Waals surface area contributed by atoms with Gasteiger partial charge in [0.15, 0.2) is 0 Å². The standard InChI is InChI=1S/C18H26O2/c1-17(2,3)14-10-11-18(4,15(19)12-14)16(20)13-8-6-5-7-9-13/h5-9,14,16,20H,10-12H2,1-4H3/t14-,16+,18+/m0/s1. The van der Waals surface area contributed by atoms with E-state index >= 15 is 0 Å². The number of carbonyl (C=O) groups excluding carboxylic acids is 1. The topological polar surface area (TPSA) is 37.3 Å². The second kappa shape index (κ2) is 5.33. The molecule has 1 aliphatic carbocycles. The van der Waals surface area contributed by atoms with Gasteiger partial charge in [-0.15, -0.1) is 0 Å². The van der Waals surface area contributed by atoms with Gasteiger partial charge in [-0.3, -0.25) is 4.79 Å². The van der Waals surface area contributed by atoms with Crippen LogP contribution in [0, 0.1) is 16.7 Å². The molecule has 1 aromatic rings. The molecule has 1 aromatic carbocycles. The largest absolute Gasteiger partial charge is 0.387 e. The van der Waals surface area contributed by atoms with Crippen molar-refractivity contribution in [2.75, 3.05) is 0 Å². The van der Waals surface area contributed by atoms with Gasteiger partial charge in [0.05, 0.1) is 11.5 Å². The van der Waals surface area contributed by atoms with Crippen molar-refractivity contribution in [3.05, 3.63) is 35.9 Å². The fourth-order valence-electron chi connectivity index (χ4n) is 3.20. The average Bonchev–Trinajstić information content (AvgIpc) is 2.41. The maximum Gasteiger partial charge on any atom is 0.141 e. The van der Waals surface area contributed by atoms with Crippen LogP contribution in [0.2, 0.25) is 0 Å². The zero-order chi connectivity index (χ0) is 15.0. The molecule has 0 spiro atoms. The molecule has 1 aliphatic rings. The first-order valence-corrected chi connectivity index (χ1v) is 7.51. The molecule has 2 heteroatoms. The summed E-state index contributed by atoms with van der Waals surface area (Å²) in [4.78, 5) is 12.6. The van der Waals surface area contributed by atoms with E-state index in [0.717, 1.165) is 18.4 Å². The summed E-state index contributed by atoms with van der Waals surface area (Å²) in [7, 11) is 0. The van der Waals surface area contributed by atoms with Crippen LogP contribution in [-0.4, -0.2) is 10.9 Å². The number of aliphatic hydroxyl groups excluding tert-OH is 1. The van der Waals surface area contributed by atoms with Gasteiger partial charge in [0.2, 0.25) is 0 Å². The van der Waals surface area contributed by atoms with E-state index in [1.807, 2.05) is 37.3 Å². The van der Waals surface area contributed by atoms with Gasteiger partial charge in [0, 0.05) is 6.42 Å². The third-order valence-corrected chi connectivity index (χ3v) is 5.02. The summed E-state index contributed by atoms with van der Waals surface area (Å²) in [5.74, 6) is 0.631. The summed E-state index contributed by atoms with van der Waals surface area (Å²) in [6.45, 7) is 8.51. The molecule has 2 rings (SSSR count). The van der Waals surface area contributed by atoms with Crippen LogP contribution in [0.4, 0.5) is 0 Å². The fourth-order valence-corrected chi connectivity index (χ4v) is 3.20. The highest BCUT2D eigenvalue weighted by molar-refractivity contribution is 5.86. The molecule has 20 heavy (non-hydrogen) atoms. The summed E-state index contributed by atoms with van der Waals surface area (Å²) < 4.78 is 0. The molecule has 1 N–H and O–H groups in total. The van der Waals surface area contributed by atoms with E-state index in [-0.39, 0.29) is 11.2 Å². The first-order valence-electron chi connectivity index (χ1n) is 7.51. The lowest BCUT2D eigenvalue weighted by atomic mass is 9.61. The molecule has 0 bridgehead atoms. The Morgan fingerprint density at radius 2 is 1.85 bits per heavy atom. The molecule has 110 valence electrons. The number of benzene rings is 1. The molecule has 0 unspecified atom stereocenters. The number of aliphatic hydroxyl groups is 1. The Morgan fingerprint density at radius 3 is 2.35 bits per heavy atom. The Bertz CT molecular complexity index is 472. The zero-order valence-electron chi connectivity index (χ0n) is 13.0. The fraction of sp³-hybridized carbons (Fsp3) is 0.611. The molecule has 3 atom stereocenters. The van der Waals surface area contributed by atoms with Gasteiger partial charge in [-0.2, -0.15) is 0 Å². The van der Waals surface area contributed by atoms with E-state index in [1.54, 1.807) is 0 Å². The minimum atomic E-state index is -0.697. The number of rotatable bonds is 2. The van der Waals surface area contributed by atoms with Crippen molar-refractivity contribution in [2.45, 2.75) is 53.1 Å². The maximum absolute atomic E-state index is 12.6. The molecular formula is C18H26O2. The van der Waals surface area contributed by atoms with Crippen LogP contribution >= 0.6 is 0 Å². The van der Waals surface area contributed by atoms with Crippen LogP contribution in [0.1, 0.15) is 58.6 Å². The normalized spacial score (nSPS) is 29.2. The van der Waals surface area contributed by atoms with Crippen LogP contribution in [0.15, 0.2) is 30.3 Å². The van der Waals surface area contributed by atoms with E-state index in [2.05, 4.69) is 20.8 Å². The van der Waals surface area contributed by atoms with E-state index in [4.69, 9.17) is 0 Å². The lowest BCUT2D eigenvalue weighted by molar-refractivity contribution is -0.142. The number of Topliss-reactive ketones (excluding diaryl/α,β-unsaturated/α-hetero) is 1. The first kappa shape index (κ1) is 15.2. The van der Waals surface area contributed by atoms with E-state index in [9.17, 15) is 9.90 Å². The van der Waals surface area contributed by atoms with E-state index in [1.165, 1.54) is 0 Å². The van der Waals surface area contributed by atoms with Crippen LogP contribution in [0.3, 0.4) is 0 Å². The van der Waals surface area contributed by atoms with Crippen molar-refractivity contribution in [1.29, 1.82) is 0 Å². The predicted molar refractivity (Wildman–Crippen MR) is 81.3 cm³/mol. The first-order chi connectivity index (χ1) is 9.25. The molecule has 0 aromatic heterocycles. The Labute approximate surface area is 122 Å². The van der Waals surface area contributed by atoms with Crippen molar-refractivity contribution in [2.24, 2.45) is 16.7 Å². The zero-order valence-corrected chi connectivity index (χ0v) is 13.0. The van der Waals surface area contributed by atoms with Gasteiger partial charge >= 0.3 is 0 Å². The van der Waals surface area contributed by atoms with Crippen LogP contribution in [-0.2, 0) is 4.79 Å². The van der Waals surface area contributed by atoms with Gasteiger partial charge in [-0.25, -0.2) is 0 Å². The Kier molecular flexibility index (Phi) is 4.06. The molecule has 0 aliphatic heterocycles. The monoisotopic (exact) mass is 274 g/mol. The summed E-state index contributed by atoms with van der Waals surface area (Å²) in [6, 6.07) is 9.55. The number of hydrogen-bond donors (Lipinski definition) is 1. The molecule has 2 nitrogen and oxygen atoms in total. The van der Waals surface area contributed by atoms with Crippen LogP contribution in [0.5, 0.6) is 0 Å². The van der Waals surface area contributed by atoms with Gasteiger partial charge < -0.3 is 5.11 Å². The highest BCUT2D eigenvalue weighted by Gasteiger charge is 2.46. The summed E-state index contributed by atoms with van der Waals surface area (Å²) in [5, 5.41) is 10.6. The van der Waals surface area contributed by atoms with Crippen molar-refractivity contribution in [1.82, 2.24) is 0 Å². The Hall–Kier alpha value is -1.15. The summed E-state index contributed by atoms with van der Waals surface area (Å²) in [6.07, 6.45) is 1.67. The van der Waals surface area contributed by atoms with Gasteiger partial charge in [0.25, 0.3) is 0 Å². The number of carbonyl (C=O) groups is 1. The van der Waals surface area contributed by atoms with Crippen LogP contribution < -0.4 is 0 Å². The quantitative estimate of drug-likeness (QED) is 0.880. The van der Waals surface area contributed by atoms with Gasteiger partial charge in [-0.05, 0) is 36.7 Å². The van der Waals surface area contributed by atoms with Gasteiger partial charge in [0.1, 0.15) is 5.78 Å². The summed E-state index contributed by atoms with van der Waals surface area (Å²) >= 11 is 0. The van der Waals surface area contributed by atoms with Crippen molar-refractivity contribution in [3.63, 3.8) is 0 Å². The number of hydrogen-bond acceptors (Lipinski definition) is 2. The van der Waals surface area contributed by atoms with Crippen molar-refractivity contribution < 1.29 is 9.90 Å². The summed E-state index contributed by atoms with van der Waals surface area (Å²) in [5.41, 5.74) is 0.371. The second-order valence-electron chi connectivity index (χ2n) is 7.46. The molecule has 0 saturated heterocycles. The Balaban J connectivity index is 2.19. The minimum Gasteiger partial charge on any atom is -0.387 e. The van der Waals surface area contributed by atoms with Crippen LogP contribution in [0.25, 0.3) is 0 Å². The highest BCUT2D eigenvalue weighted by Crippen LogP contribution is 2.48.